The van der Waals surface area contributed by atoms with Crippen LogP contribution in [0.2, 0.25) is 0 Å². The number of anilines is 2. The van der Waals surface area contributed by atoms with Crippen LogP contribution in [-0.2, 0) is 28.6 Å². The Morgan fingerprint density at radius 2 is 1.55 bits per heavy atom. The number of esters is 1. The number of hydrogen-bond donors (Lipinski definition) is 7. The molecule has 24 heteroatoms. The number of aliphatic hydroxyl groups is 2. The number of aliphatic hydroxyl groups excluding tert-OH is 2. The molecule has 1 aromatic heterocycles. The number of carboxylic acid groups (broad SMARTS) is 1. The van der Waals surface area contributed by atoms with Crippen molar-refractivity contribution in [3.05, 3.63) is 86.7 Å². The Morgan fingerprint density at radius 3 is 2.16 bits per heavy atom. The smallest absolute Gasteiger partial charge is 0.341 e. The highest BCUT2D eigenvalue weighted by Gasteiger charge is 2.50. The fraction of sp³-hybridized carbons (Fsp3) is 0.500. The third-order valence-electron chi connectivity index (χ3n) is 17.7. The van der Waals surface area contributed by atoms with Gasteiger partial charge in [-0.3, -0.25) is 29.0 Å². The molecule has 0 radical (unpaired) electrons. The standard InChI is InChI=1S/C62H75FN6O17/c1-29-12-11-13-30(2)59(78)65-46-39(27-64-68-19-16-36(17-20-68)60(79)67-23-21-66(22-24-67)48-41(63)26-38-47(57(48)83-10)69(37-14-15-37)28-40(52(38)74)61(80)81)53(75)43-44(54(46)76)51(73)34(6)56-45(43)58(77)62(8,86-56)84-25-18-42(82-9)31(3)55(85-35(7)70)33(5)50(72)32(4)49(29)71/h11-13,18,25-29,31-33,36-37,42,49-50,55,71-73,75-76H,14-17,19-24H2,1-10H3,(H,65,78)(H,80,81)/t29-,31+,32+,33+,42-,49-,50+,55+,62-/m0/s1. The van der Waals surface area contributed by atoms with Crippen LogP contribution in [0.15, 0.2) is 58.3 Å². The number of hydrazone groups is 1. The number of Topliss-reactive ketones (excluding diaryl/α,β-unsaturated/α-hetero) is 1. The third kappa shape index (κ3) is 11.5. The Kier molecular flexibility index (Phi) is 17.9. The number of nitrogens with one attached hydrogen (secondary N) is 1. The number of amides is 2. The van der Waals surface area contributed by atoms with E-state index in [0.717, 1.165) is 25.2 Å². The summed E-state index contributed by atoms with van der Waals surface area (Å²) < 4.78 is 47.4. The van der Waals surface area contributed by atoms with Crippen molar-refractivity contribution in [1.29, 1.82) is 0 Å². The molecular formula is C62H75FN6O17. The lowest BCUT2D eigenvalue weighted by Gasteiger charge is -2.39. The number of aromatic nitrogens is 1. The van der Waals surface area contributed by atoms with Crippen molar-refractivity contribution in [2.45, 2.75) is 117 Å². The van der Waals surface area contributed by atoms with Crippen LogP contribution in [0.5, 0.6) is 28.7 Å². The van der Waals surface area contributed by atoms with Gasteiger partial charge in [-0.25, -0.2) is 9.18 Å². The normalized spacial score (nSPS) is 26.3. The Morgan fingerprint density at radius 1 is 0.872 bits per heavy atom. The first-order valence-electron chi connectivity index (χ1n) is 28.8. The van der Waals surface area contributed by atoms with Crippen molar-refractivity contribution in [3.8, 4) is 28.7 Å². The first-order valence-corrected chi connectivity index (χ1v) is 28.8. The van der Waals surface area contributed by atoms with Gasteiger partial charge in [0.1, 0.15) is 34.6 Å². The first-order chi connectivity index (χ1) is 40.7. The fourth-order valence-corrected chi connectivity index (χ4v) is 12.4. The van der Waals surface area contributed by atoms with Crippen LogP contribution >= 0.6 is 0 Å². The lowest BCUT2D eigenvalue weighted by atomic mass is 9.78. The van der Waals surface area contributed by atoms with Gasteiger partial charge in [0.05, 0.1) is 71.0 Å². The number of fused-ring (bicyclic) bond motifs is 15. The van der Waals surface area contributed by atoms with Crippen molar-refractivity contribution in [2.24, 2.45) is 34.7 Å². The number of hydrogen-bond acceptors (Lipinski definition) is 19. The number of carbonyl (C=O) groups is 5. The summed E-state index contributed by atoms with van der Waals surface area (Å²) in [5, 5.41) is 77.5. The number of halogens is 1. The molecule has 5 bridgehead atoms. The van der Waals surface area contributed by atoms with Crippen LogP contribution in [0.4, 0.5) is 15.8 Å². The molecule has 0 unspecified atom stereocenters. The summed E-state index contributed by atoms with van der Waals surface area (Å²) in [6, 6.07) is 0.982. The number of aromatic hydroxyl groups is 3. The number of phenolic OH excluding ortho intramolecular Hbond substituents is 3. The number of phenols is 3. The van der Waals surface area contributed by atoms with E-state index in [0.29, 0.717) is 18.4 Å². The minimum absolute atomic E-state index is 0.0124. The van der Waals surface area contributed by atoms with E-state index >= 15 is 4.39 Å². The predicted molar refractivity (Wildman–Crippen MR) is 314 cm³/mol. The summed E-state index contributed by atoms with van der Waals surface area (Å²) in [5.41, 5.74) is -1.68. The number of pyridine rings is 1. The van der Waals surface area contributed by atoms with Crippen molar-refractivity contribution in [1.82, 2.24) is 14.5 Å². The van der Waals surface area contributed by atoms with E-state index in [2.05, 4.69) is 10.4 Å². The lowest BCUT2D eigenvalue weighted by Crippen LogP contribution is -2.51. The monoisotopic (exact) mass is 1190 g/mol. The van der Waals surface area contributed by atoms with Crippen LogP contribution < -0.4 is 25.1 Å². The van der Waals surface area contributed by atoms with E-state index in [-0.39, 0.29) is 107 Å². The molecule has 2 saturated heterocycles. The van der Waals surface area contributed by atoms with E-state index in [1.54, 1.807) is 59.2 Å². The molecule has 10 rings (SSSR count). The zero-order valence-electron chi connectivity index (χ0n) is 49.8. The number of ketones is 1. The zero-order valence-corrected chi connectivity index (χ0v) is 49.8. The molecule has 9 atom stereocenters. The van der Waals surface area contributed by atoms with Crippen LogP contribution in [0.1, 0.15) is 112 Å². The largest absolute Gasteiger partial charge is 0.507 e. The van der Waals surface area contributed by atoms with Gasteiger partial charge < -0.3 is 74.0 Å². The number of rotatable bonds is 9. The number of carboxylic acids is 1. The number of nitrogens with zero attached hydrogens (tertiary/aromatic N) is 5. The molecular weight excluding hydrogens is 1120 g/mol. The van der Waals surface area contributed by atoms with Crippen LogP contribution in [-0.4, -0.2) is 165 Å². The predicted octanol–water partition coefficient (Wildman–Crippen LogP) is 6.64. The molecule has 3 aromatic carbocycles. The zero-order chi connectivity index (χ0) is 62.5. The van der Waals surface area contributed by atoms with E-state index in [1.807, 2.05) is 0 Å². The molecule has 23 nitrogen and oxygen atoms in total. The Hall–Kier alpha value is -8.22. The molecule has 0 spiro atoms. The summed E-state index contributed by atoms with van der Waals surface area (Å²) in [5.74, 6) is -11.8. The molecule has 86 heavy (non-hydrogen) atoms. The third-order valence-corrected chi connectivity index (χ3v) is 17.7. The topological polar surface area (TPSA) is 309 Å². The highest BCUT2D eigenvalue weighted by atomic mass is 19.1. The molecule has 462 valence electrons. The summed E-state index contributed by atoms with van der Waals surface area (Å²) >= 11 is 0. The summed E-state index contributed by atoms with van der Waals surface area (Å²) in [7, 11) is 2.78. The Balaban J connectivity index is 0.991. The molecule has 2 amide bonds. The van der Waals surface area contributed by atoms with Gasteiger partial charge in [0.2, 0.25) is 11.3 Å². The molecule has 5 aliphatic heterocycles. The van der Waals surface area contributed by atoms with Gasteiger partial charge in [-0.2, -0.15) is 5.10 Å². The van der Waals surface area contributed by atoms with E-state index in [1.165, 1.54) is 66.5 Å². The van der Waals surface area contributed by atoms with E-state index in [9.17, 15) is 59.4 Å². The molecule has 4 aromatic rings. The van der Waals surface area contributed by atoms with Crippen LogP contribution in [0.25, 0.3) is 21.7 Å². The number of allylic oxidation sites excluding steroid dienone is 2. The van der Waals surface area contributed by atoms with Gasteiger partial charge in [0.25, 0.3) is 11.7 Å². The van der Waals surface area contributed by atoms with Crippen molar-refractivity contribution < 1.29 is 82.7 Å². The molecule has 1 aliphatic carbocycles. The summed E-state index contributed by atoms with van der Waals surface area (Å²) in [4.78, 5) is 84.2. The van der Waals surface area contributed by atoms with E-state index in [4.69, 9.17) is 23.7 Å². The highest BCUT2D eigenvalue weighted by Crippen LogP contribution is 2.55. The number of benzene rings is 3. The Labute approximate surface area is 495 Å². The number of ether oxygens (including phenoxy) is 5. The minimum Gasteiger partial charge on any atom is -0.507 e. The maximum atomic E-state index is 16.1. The summed E-state index contributed by atoms with van der Waals surface area (Å²) in [6.45, 7) is 13.7. The second kappa shape index (κ2) is 24.6. The quantitative estimate of drug-likeness (QED) is 0.0399. The van der Waals surface area contributed by atoms with Crippen LogP contribution in [0.3, 0.4) is 0 Å². The van der Waals surface area contributed by atoms with Gasteiger partial charge in [-0.1, -0.05) is 45.9 Å². The average Bonchev–Trinajstić information content (AvgIpc) is 1.45. The second-order valence-electron chi connectivity index (χ2n) is 23.4. The molecule has 3 fully saturated rings. The number of aromatic carboxylic acids is 1. The molecule has 7 N–H and O–H groups in total. The highest BCUT2D eigenvalue weighted by molar-refractivity contribution is 6.24. The Bertz CT molecular complexity index is 3580. The second-order valence-corrected chi connectivity index (χ2v) is 23.4. The maximum absolute atomic E-state index is 16.1. The van der Waals surface area contributed by atoms with Gasteiger partial charge in [-0.15, -0.1) is 0 Å². The minimum atomic E-state index is -2.14. The number of carbonyl (C=O) groups excluding carboxylic acids is 4. The molecule has 1 saturated carbocycles. The van der Waals surface area contributed by atoms with Crippen molar-refractivity contribution in [3.63, 3.8) is 0 Å². The van der Waals surface area contributed by atoms with Crippen LogP contribution in [0, 0.1) is 42.3 Å². The van der Waals surface area contributed by atoms with Gasteiger partial charge in [0, 0.05) is 119 Å². The van der Waals surface area contributed by atoms with E-state index < -0.39 is 123 Å². The number of methoxy groups -OCH3 is 2. The van der Waals surface area contributed by atoms with Gasteiger partial charge >= 0.3 is 17.7 Å². The maximum Gasteiger partial charge on any atom is 0.341 e. The summed E-state index contributed by atoms with van der Waals surface area (Å²) in [6.07, 6.45) is 7.84. The average molecular weight is 1200 g/mol. The van der Waals surface area contributed by atoms with Crippen molar-refractivity contribution >= 4 is 68.8 Å². The van der Waals surface area contributed by atoms with Gasteiger partial charge in [-0.05, 0) is 51.7 Å². The number of piperidine rings is 1. The fourth-order valence-electron chi connectivity index (χ4n) is 12.4. The van der Waals surface area contributed by atoms with Crippen molar-refractivity contribution in [2.75, 3.05) is 63.7 Å². The number of piperazine rings is 1. The first kappa shape index (κ1) is 62.3. The molecule has 6 aliphatic rings. The lowest BCUT2D eigenvalue weighted by molar-refractivity contribution is -0.160. The SMILES string of the molecule is COc1c(N2CCN(C(=O)C3CCN(N=Cc4c5c(O)c6c(O)c(C)c7c(c6c4O)C(=O)[C@@](C)(OC=C[C@H](OC)[C@@H](C)[C@@H](OC(C)=O)[C@H](C)[C@H](O)[C@H](C)[C@@H](O)[C@@H](C)C=CC=C(C)C(=O)N5)O7)CC3)CC2)c(F)cc2c(=O)c(C(=O)O)cn(C3CC3)c12. The molecule has 6 heterocycles. The van der Waals surface area contributed by atoms with Gasteiger partial charge in [0.15, 0.2) is 17.3 Å².